The van der Waals surface area contributed by atoms with Crippen LogP contribution in [-0.4, -0.2) is 31.6 Å². The lowest BCUT2D eigenvalue weighted by Crippen LogP contribution is -2.29. The van der Waals surface area contributed by atoms with Crippen molar-refractivity contribution >= 4 is 33.5 Å². The van der Waals surface area contributed by atoms with E-state index in [0.717, 1.165) is 6.07 Å². The van der Waals surface area contributed by atoms with Crippen molar-refractivity contribution in [3.63, 3.8) is 0 Å². The lowest BCUT2D eigenvalue weighted by Gasteiger charge is -2.13. The van der Waals surface area contributed by atoms with Crippen molar-refractivity contribution in [1.82, 2.24) is 5.16 Å². The number of amides is 1. The Kier molecular flexibility index (Phi) is 6.35. The second-order valence-corrected chi connectivity index (χ2v) is 8.16. The first kappa shape index (κ1) is 22.0. The van der Waals surface area contributed by atoms with Crippen LogP contribution in [0.4, 0.5) is 16.0 Å². The molecule has 0 radical (unpaired) electrons. The monoisotopic (exact) mass is 447 g/mol. The maximum absolute atomic E-state index is 13.7. The fraction of sp³-hybridized carbons (Fsp3) is 0.150. The van der Waals surface area contributed by atoms with Gasteiger partial charge in [-0.1, -0.05) is 17.3 Å². The average molecular weight is 447 g/mol. The second-order valence-electron chi connectivity index (χ2n) is 6.48. The van der Waals surface area contributed by atoms with Gasteiger partial charge in [0.2, 0.25) is 5.88 Å². The van der Waals surface area contributed by atoms with E-state index in [-0.39, 0.29) is 22.0 Å². The smallest absolute Gasteiger partial charge is 0.338 e. The molecular weight excluding hydrogens is 429 g/mol. The van der Waals surface area contributed by atoms with Gasteiger partial charge in [-0.05, 0) is 50.2 Å². The normalized spacial score (nSPS) is 12.1. The molecule has 0 aliphatic heterocycles. The van der Waals surface area contributed by atoms with E-state index in [4.69, 9.17) is 9.26 Å². The third-order valence-electron chi connectivity index (χ3n) is 4.05. The number of aryl methyl sites for hydroxylation is 1. The zero-order valence-corrected chi connectivity index (χ0v) is 17.3. The van der Waals surface area contributed by atoms with Crippen molar-refractivity contribution < 1.29 is 31.7 Å². The number of hydrogen-bond acceptors (Lipinski definition) is 7. The fourth-order valence-corrected chi connectivity index (χ4v) is 3.51. The molecule has 31 heavy (non-hydrogen) atoms. The van der Waals surface area contributed by atoms with Crippen molar-refractivity contribution in [3.05, 3.63) is 71.7 Å². The molecule has 2 N–H and O–H groups in total. The van der Waals surface area contributed by atoms with Crippen LogP contribution in [-0.2, 0) is 19.6 Å². The van der Waals surface area contributed by atoms with E-state index in [1.165, 1.54) is 55.5 Å². The summed E-state index contributed by atoms with van der Waals surface area (Å²) in [6.45, 7) is 3.05. The standard InChI is InChI=1S/C20H18FN3O6S/c1-12-11-18(30-23-12)22-19(25)13(2)29-20(26)14-7-9-15(10-8-14)31(27,28)24-17-6-4-3-5-16(17)21/h3-11,13,24H,1-2H3,(H,22,25)/t13-/m0/s1. The number of para-hydroxylation sites is 1. The van der Waals surface area contributed by atoms with Gasteiger partial charge in [0.25, 0.3) is 15.9 Å². The molecular formula is C20H18FN3O6S. The van der Waals surface area contributed by atoms with Gasteiger partial charge in [0.05, 0.1) is 21.8 Å². The quantitative estimate of drug-likeness (QED) is 0.533. The highest BCUT2D eigenvalue weighted by molar-refractivity contribution is 7.92. The molecule has 0 saturated heterocycles. The Balaban J connectivity index is 1.64. The van der Waals surface area contributed by atoms with Gasteiger partial charge in [-0.25, -0.2) is 17.6 Å². The summed E-state index contributed by atoms with van der Waals surface area (Å²) in [5.41, 5.74) is 0.396. The summed E-state index contributed by atoms with van der Waals surface area (Å²) in [5, 5.41) is 6.04. The van der Waals surface area contributed by atoms with E-state index in [2.05, 4.69) is 15.2 Å². The van der Waals surface area contributed by atoms with Gasteiger partial charge in [-0.3, -0.25) is 14.8 Å². The summed E-state index contributed by atoms with van der Waals surface area (Å²) in [4.78, 5) is 24.2. The maximum atomic E-state index is 13.7. The number of nitrogens with one attached hydrogen (secondary N) is 2. The first-order valence-electron chi connectivity index (χ1n) is 8.98. The molecule has 0 unspecified atom stereocenters. The Morgan fingerprint density at radius 3 is 2.42 bits per heavy atom. The Morgan fingerprint density at radius 2 is 1.81 bits per heavy atom. The Hall–Kier alpha value is -3.73. The van der Waals surface area contributed by atoms with Gasteiger partial charge in [-0.2, -0.15) is 0 Å². The number of esters is 1. The molecule has 3 aromatic rings. The number of hydrogen-bond donors (Lipinski definition) is 2. The van der Waals surface area contributed by atoms with Gasteiger partial charge in [0, 0.05) is 6.07 Å². The molecule has 0 aliphatic carbocycles. The number of carbonyl (C=O) groups excluding carboxylic acids is 2. The van der Waals surface area contributed by atoms with Crippen LogP contribution in [0, 0.1) is 12.7 Å². The molecule has 1 aromatic heterocycles. The molecule has 2 aromatic carbocycles. The molecule has 0 bridgehead atoms. The number of anilines is 2. The minimum absolute atomic E-state index is 0.0278. The summed E-state index contributed by atoms with van der Waals surface area (Å²) in [7, 11) is -4.07. The van der Waals surface area contributed by atoms with Crippen molar-refractivity contribution in [2.75, 3.05) is 10.0 Å². The van der Waals surface area contributed by atoms with Crippen LogP contribution >= 0.6 is 0 Å². The van der Waals surface area contributed by atoms with Gasteiger partial charge < -0.3 is 9.26 Å². The summed E-state index contributed by atoms with van der Waals surface area (Å²) < 4.78 is 50.6. The molecule has 162 valence electrons. The zero-order valence-electron chi connectivity index (χ0n) is 16.5. The van der Waals surface area contributed by atoms with Crippen LogP contribution in [0.25, 0.3) is 0 Å². The number of carbonyl (C=O) groups is 2. The van der Waals surface area contributed by atoms with E-state index >= 15 is 0 Å². The van der Waals surface area contributed by atoms with Crippen LogP contribution < -0.4 is 10.0 Å². The van der Waals surface area contributed by atoms with E-state index in [1.807, 2.05) is 0 Å². The first-order valence-corrected chi connectivity index (χ1v) is 10.5. The molecule has 0 saturated carbocycles. The second kappa shape index (κ2) is 8.96. The molecule has 0 aliphatic rings. The molecule has 9 nitrogen and oxygen atoms in total. The minimum Gasteiger partial charge on any atom is -0.449 e. The number of nitrogens with zero attached hydrogens (tertiary/aromatic N) is 1. The van der Waals surface area contributed by atoms with E-state index < -0.39 is 33.8 Å². The highest BCUT2D eigenvalue weighted by Crippen LogP contribution is 2.19. The van der Waals surface area contributed by atoms with Crippen molar-refractivity contribution in [1.29, 1.82) is 0 Å². The number of benzene rings is 2. The van der Waals surface area contributed by atoms with Crippen LogP contribution in [0.1, 0.15) is 23.0 Å². The Bertz CT molecular complexity index is 1210. The summed E-state index contributed by atoms with van der Waals surface area (Å²) in [6.07, 6.45) is -1.15. The zero-order chi connectivity index (χ0) is 22.6. The molecule has 0 fully saturated rings. The van der Waals surface area contributed by atoms with Crippen molar-refractivity contribution in [3.8, 4) is 0 Å². The van der Waals surface area contributed by atoms with Gasteiger partial charge in [0.1, 0.15) is 5.82 Å². The topological polar surface area (TPSA) is 128 Å². The highest BCUT2D eigenvalue weighted by atomic mass is 32.2. The van der Waals surface area contributed by atoms with Crippen LogP contribution in [0.15, 0.2) is 64.0 Å². The van der Waals surface area contributed by atoms with Crippen LogP contribution in [0.2, 0.25) is 0 Å². The molecule has 11 heteroatoms. The van der Waals surface area contributed by atoms with E-state index in [9.17, 15) is 22.4 Å². The largest absolute Gasteiger partial charge is 0.449 e. The third-order valence-corrected chi connectivity index (χ3v) is 5.43. The van der Waals surface area contributed by atoms with Crippen LogP contribution in [0.5, 0.6) is 0 Å². The molecule has 0 spiro atoms. The van der Waals surface area contributed by atoms with Crippen molar-refractivity contribution in [2.45, 2.75) is 24.8 Å². The molecule has 3 rings (SSSR count). The van der Waals surface area contributed by atoms with Crippen LogP contribution in [0.3, 0.4) is 0 Å². The summed E-state index contributed by atoms with van der Waals surface area (Å²) in [6, 6.07) is 11.6. The number of aromatic nitrogens is 1. The average Bonchev–Trinajstić information content (AvgIpc) is 3.14. The number of sulfonamides is 1. The predicted octanol–water partition coefficient (Wildman–Crippen LogP) is 3.11. The summed E-state index contributed by atoms with van der Waals surface area (Å²) in [5.74, 6) is -2.07. The first-order chi connectivity index (χ1) is 14.7. The SMILES string of the molecule is Cc1cc(NC(=O)[C@H](C)OC(=O)c2ccc(S(=O)(=O)Nc3ccccc3F)cc2)on1. The Morgan fingerprint density at radius 1 is 1.13 bits per heavy atom. The molecule has 1 atom stereocenters. The highest BCUT2D eigenvalue weighted by Gasteiger charge is 2.21. The molecule has 1 heterocycles. The predicted molar refractivity (Wildman–Crippen MR) is 108 cm³/mol. The Labute approximate surface area is 177 Å². The van der Waals surface area contributed by atoms with Gasteiger partial charge >= 0.3 is 5.97 Å². The van der Waals surface area contributed by atoms with Crippen molar-refractivity contribution in [2.24, 2.45) is 0 Å². The molecule has 1 amide bonds. The lowest BCUT2D eigenvalue weighted by atomic mass is 10.2. The van der Waals surface area contributed by atoms with E-state index in [1.54, 1.807) is 6.92 Å². The number of halogens is 1. The lowest BCUT2D eigenvalue weighted by molar-refractivity contribution is -0.123. The van der Waals surface area contributed by atoms with Gasteiger partial charge in [0.15, 0.2) is 6.10 Å². The fourth-order valence-electron chi connectivity index (χ4n) is 2.45. The third kappa shape index (κ3) is 5.45. The number of ether oxygens (including phenoxy) is 1. The summed E-state index contributed by atoms with van der Waals surface area (Å²) >= 11 is 0. The number of rotatable bonds is 7. The minimum atomic E-state index is -4.07. The maximum Gasteiger partial charge on any atom is 0.338 e. The van der Waals surface area contributed by atoms with Gasteiger partial charge in [-0.15, -0.1) is 0 Å². The van der Waals surface area contributed by atoms with E-state index in [0.29, 0.717) is 5.69 Å².